The lowest BCUT2D eigenvalue weighted by Gasteiger charge is -1.92. The third kappa shape index (κ3) is 1.56. The number of anilines is 1. The molecule has 1 rings (SSSR count). The molecule has 4 heteroatoms. The highest BCUT2D eigenvalue weighted by Crippen LogP contribution is 1.95. The van der Waals surface area contributed by atoms with Crippen LogP contribution in [0, 0.1) is 6.20 Å². The van der Waals surface area contributed by atoms with E-state index in [9.17, 15) is 4.79 Å². The number of amides is 1. The molecule has 9 heavy (non-hydrogen) atoms. The molecule has 1 amide bonds. The predicted molar refractivity (Wildman–Crippen MR) is 31.7 cm³/mol. The smallest absolute Gasteiger partial charge is 0.222 e. The molecule has 1 aromatic rings. The summed E-state index contributed by atoms with van der Waals surface area (Å²) in [6.45, 7) is 1.43. The summed E-state index contributed by atoms with van der Waals surface area (Å²) in [7, 11) is 0. The van der Waals surface area contributed by atoms with Gasteiger partial charge in [0.05, 0.1) is 0 Å². The van der Waals surface area contributed by atoms with E-state index in [1.54, 1.807) is 6.07 Å². The van der Waals surface area contributed by atoms with Crippen molar-refractivity contribution >= 4 is 11.7 Å². The van der Waals surface area contributed by atoms with Gasteiger partial charge in [0.1, 0.15) is 12.0 Å². The molecule has 0 bridgehead atoms. The fourth-order valence-electron chi connectivity index (χ4n) is 0.475. The second kappa shape index (κ2) is 2.30. The maximum absolute atomic E-state index is 10.3. The number of H-pyrrole nitrogens is 1. The Hall–Kier alpha value is -1.32. The molecular weight excluding hydrogens is 118 g/mol. The van der Waals surface area contributed by atoms with E-state index >= 15 is 0 Å². The molecule has 1 aromatic heterocycles. The Labute approximate surface area is 52.3 Å². The Balaban J connectivity index is 2.58. The van der Waals surface area contributed by atoms with Gasteiger partial charge in [-0.05, 0) is 0 Å². The number of rotatable bonds is 1. The van der Waals surface area contributed by atoms with Gasteiger partial charge in [0.15, 0.2) is 0 Å². The Morgan fingerprint density at radius 3 is 3.22 bits per heavy atom. The molecule has 0 aromatic carbocycles. The molecule has 0 aliphatic carbocycles. The van der Waals surface area contributed by atoms with Gasteiger partial charge >= 0.3 is 0 Å². The molecule has 2 N–H and O–H groups in total. The zero-order valence-electron chi connectivity index (χ0n) is 4.93. The highest BCUT2D eigenvalue weighted by atomic mass is 16.1. The predicted octanol–water partition coefficient (Wildman–Crippen LogP) is 0.168. The summed E-state index contributed by atoms with van der Waals surface area (Å²) in [4.78, 5) is 10.3. The van der Waals surface area contributed by atoms with Crippen LogP contribution in [0.15, 0.2) is 6.07 Å². The number of aromatic amines is 1. The first-order chi connectivity index (χ1) is 4.29. The van der Waals surface area contributed by atoms with Crippen molar-refractivity contribution in [1.82, 2.24) is 10.2 Å². The third-order valence-electron chi connectivity index (χ3n) is 0.760. The fraction of sp³-hybridized carbons (Fsp3) is 0.200. The van der Waals surface area contributed by atoms with E-state index in [0.717, 1.165) is 0 Å². The molecule has 0 saturated heterocycles. The highest BCUT2D eigenvalue weighted by molar-refractivity contribution is 5.87. The molecule has 1 radical (unpaired) electrons. The van der Waals surface area contributed by atoms with Crippen molar-refractivity contribution < 1.29 is 4.79 Å². The molecule has 4 nitrogen and oxygen atoms in total. The number of nitrogens with zero attached hydrogens (tertiary/aromatic N) is 1. The van der Waals surface area contributed by atoms with Crippen LogP contribution >= 0.6 is 0 Å². The van der Waals surface area contributed by atoms with Gasteiger partial charge in [-0.25, -0.2) is 0 Å². The molecule has 0 saturated carbocycles. The van der Waals surface area contributed by atoms with Crippen LogP contribution < -0.4 is 5.32 Å². The molecule has 0 spiro atoms. The Morgan fingerprint density at radius 2 is 2.78 bits per heavy atom. The van der Waals surface area contributed by atoms with Gasteiger partial charge in [-0.2, -0.15) is 5.10 Å². The number of hydrogen-bond acceptors (Lipinski definition) is 2. The van der Waals surface area contributed by atoms with Crippen LogP contribution in [0.25, 0.3) is 0 Å². The first kappa shape index (κ1) is 5.81. The van der Waals surface area contributed by atoms with Gasteiger partial charge in [-0.3, -0.25) is 9.89 Å². The number of carbonyl (C=O) groups excluding carboxylic acids is 1. The van der Waals surface area contributed by atoms with Crippen molar-refractivity contribution in [3.63, 3.8) is 0 Å². The van der Waals surface area contributed by atoms with Gasteiger partial charge in [-0.1, -0.05) is 0 Å². The average Bonchev–Trinajstić information content (AvgIpc) is 2.15. The lowest BCUT2D eigenvalue weighted by molar-refractivity contribution is -0.114. The number of aromatic nitrogens is 2. The number of nitrogens with one attached hydrogen (secondary N) is 2. The second-order valence-corrected chi connectivity index (χ2v) is 1.59. The quantitative estimate of drug-likeness (QED) is 0.560. The molecule has 0 unspecified atom stereocenters. The van der Waals surface area contributed by atoms with Gasteiger partial charge in [0.25, 0.3) is 0 Å². The summed E-state index contributed by atoms with van der Waals surface area (Å²) in [6, 6.07) is 1.56. The van der Waals surface area contributed by atoms with Gasteiger partial charge in [-0.15, -0.1) is 0 Å². The SMILES string of the molecule is CC(=O)Nc1c[c]n[nH]1. The Bertz CT molecular complexity index is 192. The summed E-state index contributed by atoms with van der Waals surface area (Å²) < 4.78 is 0. The van der Waals surface area contributed by atoms with E-state index in [4.69, 9.17) is 0 Å². The minimum atomic E-state index is -0.118. The number of hydrogen-bond donors (Lipinski definition) is 2. The van der Waals surface area contributed by atoms with Crippen LogP contribution in [0.4, 0.5) is 5.82 Å². The van der Waals surface area contributed by atoms with Crippen LogP contribution in [-0.2, 0) is 4.79 Å². The van der Waals surface area contributed by atoms with Crippen molar-refractivity contribution in [2.45, 2.75) is 6.92 Å². The van der Waals surface area contributed by atoms with Crippen LogP contribution in [0.1, 0.15) is 6.92 Å². The fourth-order valence-corrected chi connectivity index (χ4v) is 0.475. The van der Waals surface area contributed by atoms with E-state index in [-0.39, 0.29) is 5.91 Å². The molecule has 0 aliphatic heterocycles. The average molecular weight is 124 g/mol. The molecule has 1 heterocycles. The largest absolute Gasteiger partial charge is 0.311 e. The molecule has 0 aliphatic rings. The molecular formula is C5H6N3O. The van der Waals surface area contributed by atoms with E-state index in [0.29, 0.717) is 5.82 Å². The highest BCUT2D eigenvalue weighted by Gasteiger charge is 1.92. The summed E-state index contributed by atoms with van der Waals surface area (Å²) >= 11 is 0. The van der Waals surface area contributed by atoms with Gasteiger partial charge < -0.3 is 5.32 Å². The third-order valence-corrected chi connectivity index (χ3v) is 0.760. The van der Waals surface area contributed by atoms with Crippen molar-refractivity contribution in [2.24, 2.45) is 0 Å². The zero-order chi connectivity index (χ0) is 6.69. The number of carbonyl (C=O) groups is 1. The lowest BCUT2D eigenvalue weighted by Crippen LogP contribution is -2.05. The summed E-state index contributed by atoms with van der Waals surface area (Å²) in [6.07, 6.45) is 2.51. The monoisotopic (exact) mass is 124 g/mol. The first-order valence-electron chi connectivity index (χ1n) is 2.48. The van der Waals surface area contributed by atoms with E-state index < -0.39 is 0 Å². The van der Waals surface area contributed by atoms with Crippen molar-refractivity contribution in [1.29, 1.82) is 0 Å². The summed E-state index contributed by atoms with van der Waals surface area (Å²) in [5, 5.41) is 8.54. The molecule has 0 atom stereocenters. The van der Waals surface area contributed by atoms with E-state index in [1.165, 1.54) is 6.92 Å². The van der Waals surface area contributed by atoms with Crippen molar-refractivity contribution in [3.8, 4) is 0 Å². The van der Waals surface area contributed by atoms with Crippen LogP contribution in [0.5, 0.6) is 0 Å². The summed E-state index contributed by atoms with van der Waals surface area (Å²) in [5.74, 6) is 0.454. The van der Waals surface area contributed by atoms with E-state index in [1.807, 2.05) is 0 Å². The van der Waals surface area contributed by atoms with Crippen LogP contribution in [0.2, 0.25) is 0 Å². The Morgan fingerprint density at radius 1 is 2.00 bits per heavy atom. The van der Waals surface area contributed by atoms with Crippen molar-refractivity contribution in [3.05, 3.63) is 12.3 Å². The Kier molecular flexibility index (Phi) is 1.48. The van der Waals surface area contributed by atoms with Crippen LogP contribution in [0.3, 0.4) is 0 Å². The second-order valence-electron chi connectivity index (χ2n) is 1.59. The maximum atomic E-state index is 10.3. The topological polar surface area (TPSA) is 57.8 Å². The van der Waals surface area contributed by atoms with Crippen molar-refractivity contribution in [2.75, 3.05) is 5.32 Å². The normalized spacial score (nSPS) is 9.00. The van der Waals surface area contributed by atoms with E-state index in [2.05, 4.69) is 21.7 Å². The molecule has 47 valence electrons. The minimum absolute atomic E-state index is 0.118. The summed E-state index contributed by atoms with van der Waals surface area (Å²) in [5.41, 5.74) is 0. The molecule has 0 fully saturated rings. The first-order valence-corrected chi connectivity index (χ1v) is 2.48. The van der Waals surface area contributed by atoms with Crippen LogP contribution in [-0.4, -0.2) is 16.1 Å². The van der Waals surface area contributed by atoms with Gasteiger partial charge in [0, 0.05) is 13.0 Å². The maximum Gasteiger partial charge on any atom is 0.222 e. The van der Waals surface area contributed by atoms with Gasteiger partial charge in [0.2, 0.25) is 5.91 Å². The lowest BCUT2D eigenvalue weighted by atomic mass is 10.6. The standard InChI is InChI=1S/C5H6N3O/c1-4(9)7-5-2-3-6-8-5/h2H,1H3,(H2,6,7,8,9). The minimum Gasteiger partial charge on any atom is -0.311 e. The zero-order valence-corrected chi connectivity index (χ0v) is 4.93.